The lowest BCUT2D eigenvalue weighted by Crippen LogP contribution is -1.93. The summed E-state index contributed by atoms with van der Waals surface area (Å²) in [6, 6.07) is 18.5. The van der Waals surface area contributed by atoms with Crippen LogP contribution in [0, 0.1) is 11.3 Å². The number of ketones is 1. The minimum Gasteiger partial charge on any atom is -0.277 e. The number of rotatable bonds is 3. The second kappa shape index (κ2) is 5.60. The van der Waals surface area contributed by atoms with Crippen molar-refractivity contribution in [1.82, 2.24) is 0 Å². The van der Waals surface area contributed by atoms with Gasteiger partial charge in [-0.2, -0.15) is 5.26 Å². The number of nitriles is 1. The van der Waals surface area contributed by atoms with Crippen molar-refractivity contribution in [2.24, 2.45) is 0 Å². The van der Waals surface area contributed by atoms with Gasteiger partial charge >= 0.3 is 0 Å². The molecule has 0 radical (unpaired) electrons. The number of Topliss-reactive ketones (excluding diaryl/α,β-unsaturated/α-hetero) is 1. The second-order valence-corrected chi connectivity index (χ2v) is 3.81. The van der Waals surface area contributed by atoms with Crippen molar-refractivity contribution in [2.45, 2.75) is 0 Å². The Morgan fingerprint density at radius 2 is 1.44 bits per heavy atom. The minimum absolute atomic E-state index is 0.425. The monoisotopic (exact) mass is 233 g/mol. The molecule has 2 aromatic carbocycles. The van der Waals surface area contributed by atoms with Crippen LogP contribution in [0.5, 0.6) is 0 Å². The summed E-state index contributed by atoms with van der Waals surface area (Å²) >= 11 is 0. The van der Waals surface area contributed by atoms with E-state index in [1.165, 1.54) is 0 Å². The molecule has 2 heteroatoms. The summed E-state index contributed by atoms with van der Waals surface area (Å²) in [5.41, 5.74) is 2.54. The van der Waals surface area contributed by atoms with Gasteiger partial charge in [0.1, 0.15) is 6.07 Å². The molecule has 2 aromatic rings. The van der Waals surface area contributed by atoms with E-state index in [4.69, 9.17) is 5.26 Å². The van der Waals surface area contributed by atoms with Crippen LogP contribution >= 0.6 is 0 Å². The summed E-state index contributed by atoms with van der Waals surface area (Å²) in [5.74, 6) is -0.506. The molecule has 0 fully saturated rings. The number of carbonyl (C=O) groups is 1. The standard InChI is InChI=1S/C16H11NO/c17-12-16(18)15-10-8-14(9-11-15)7-6-13-4-2-1-3-5-13/h1-11H. The molecule has 86 valence electrons. The third-order valence-corrected chi connectivity index (χ3v) is 2.54. The van der Waals surface area contributed by atoms with E-state index < -0.39 is 5.78 Å². The normalized spacial score (nSPS) is 10.2. The highest BCUT2D eigenvalue weighted by atomic mass is 16.1. The molecule has 0 aliphatic heterocycles. The lowest BCUT2D eigenvalue weighted by Gasteiger charge is -1.96. The minimum atomic E-state index is -0.506. The number of hydrogen-bond acceptors (Lipinski definition) is 2. The quantitative estimate of drug-likeness (QED) is 0.462. The fourth-order valence-corrected chi connectivity index (χ4v) is 1.57. The fraction of sp³-hybridized carbons (Fsp3) is 0. The Bertz CT molecular complexity index is 604. The first kappa shape index (κ1) is 11.8. The van der Waals surface area contributed by atoms with Gasteiger partial charge in [0.05, 0.1) is 0 Å². The highest BCUT2D eigenvalue weighted by Gasteiger charge is 2.01. The summed E-state index contributed by atoms with van der Waals surface area (Å²) in [7, 11) is 0. The summed E-state index contributed by atoms with van der Waals surface area (Å²) in [6.07, 6.45) is 3.97. The Hall–Kier alpha value is -2.66. The van der Waals surface area contributed by atoms with Crippen molar-refractivity contribution in [1.29, 1.82) is 5.26 Å². The van der Waals surface area contributed by atoms with Crippen LogP contribution in [0.3, 0.4) is 0 Å². The maximum Gasteiger partial charge on any atom is 0.262 e. The number of nitrogens with zero attached hydrogens (tertiary/aromatic N) is 1. The molecule has 0 atom stereocenters. The highest BCUT2D eigenvalue weighted by molar-refractivity contribution is 6.07. The van der Waals surface area contributed by atoms with E-state index in [0.29, 0.717) is 5.56 Å². The van der Waals surface area contributed by atoms with Crippen molar-refractivity contribution in [2.75, 3.05) is 0 Å². The van der Waals surface area contributed by atoms with Crippen LogP contribution in [0.4, 0.5) is 0 Å². The van der Waals surface area contributed by atoms with Crippen molar-refractivity contribution >= 4 is 17.9 Å². The third kappa shape index (κ3) is 2.93. The molecule has 0 saturated carbocycles. The van der Waals surface area contributed by atoms with E-state index in [-0.39, 0.29) is 0 Å². The van der Waals surface area contributed by atoms with E-state index in [1.807, 2.05) is 54.6 Å². The highest BCUT2D eigenvalue weighted by Crippen LogP contribution is 2.10. The average molecular weight is 233 g/mol. The van der Waals surface area contributed by atoms with Crippen molar-refractivity contribution in [3.05, 3.63) is 71.3 Å². The van der Waals surface area contributed by atoms with E-state index in [9.17, 15) is 4.79 Å². The molecule has 18 heavy (non-hydrogen) atoms. The Morgan fingerprint density at radius 1 is 0.889 bits per heavy atom. The molecule has 0 N–H and O–H groups in total. The largest absolute Gasteiger partial charge is 0.277 e. The molecule has 0 bridgehead atoms. The van der Waals surface area contributed by atoms with Gasteiger partial charge < -0.3 is 0 Å². The third-order valence-electron chi connectivity index (χ3n) is 2.54. The van der Waals surface area contributed by atoms with E-state index in [1.54, 1.807) is 18.2 Å². The maximum atomic E-state index is 11.1. The Morgan fingerprint density at radius 3 is 2.00 bits per heavy atom. The van der Waals surface area contributed by atoms with Gasteiger partial charge in [-0.25, -0.2) is 0 Å². The predicted molar refractivity (Wildman–Crippen MR) is 71.8 cm³/mol. The van der Waals surface area contributed by atoms with Crippen molar-refractivity contribution in [3.63, 3.8) is 0 Å². The van der Waals surface area contributed by atoms with Gasteiger partial charge in [-0.3, -0.25) is 4.79 Å². The van der Waals surface area contributed by atoms with Gasteiger partial charge in [-0.1, -0.05) is 54.6 Å². The molecule has 0 amide bonds. The number of hydrogen-bond donors (Lipinski definition) is 0. The molecule has 0 saturated heterocycles. The van der Waals surface area contributed by atoms with E-state index in [2.05, 4.69) is 0 Å². The molecule has 2 rings (SSSR count). The molecular weight excluding hydrogens is 222 g/mol. The number of benzene rings is 2. The zero-order valence-corrected chi connectivity index (χ0v) is 9.71. The van der Waals surface area contributed by atoms with Gasteiger partial charge in [0.15, 0.2) is 0 Å². The van der Waals surface area contributed by atoms with Crippen LogP contribution in [0.1, 0.15) is 21.5 Å². The zero-order chi connectivity index (χ0) is 12.8. The van der Waals surface area contributed by atoms with Crippen LogP contribution in [0.15, 0.2) is 54.6 Å². The predicted octanol–water partition coefficient (Wildman–Crippen LogP) is 3.56. The van der Waals surface area contributed by atoms with Gasteiger partial charge in [0.25, 0.3) is 5.78 Å². The first-order valence-electron chi connectivity index (χ1n) is 5.57. The first-order valence-corrected chi connectivity index (χ1v) is 5.57. The zero-order valence-electron chi connectivity index (χ0n) is 9.71. The van der Waals surface area contributed by atoms with Crippen LogP contribution < -0.4 is 0 Å². The van der Waals surface area contributed by atoms with Crippen LogP contribution in [0.2, 0.25) is 0 Å². The summed E-state index contributed by atoms with van der Waals surface area (Å²) in [5, 5.41) is 8.50. The molecular formula is C16H11NO. The summed E-state index contributed by atoms with van der Waals surface area (Å²) < 4.78 is 0. The van der Waals surface area contributed by atoms with E-state index in [0.717, 1.165) is 11.1 Å². The Labute approximate surface area is 106 Å². The van der Waals surface area contributed by atoms with Gasteiger partial charge in [-0.15, -0.1) is 0 Å². The molecule has 0 spiro atoms. The lowest BCUT2D eigenvalue weighted by molar-refractivity contribution is 0.105. The molecule has 0 heterocycles. The Balaban J connectivity index is 2.14. The molecule has 0 unspecified atom stereocenters. The van der Waals surface area contributed by atoms with E-state index >= 15 is 0 Å². The average Bonchev–Trinajstić information content (AvgIpc) is 2.46. The fourth-order valence-electron chi connectivity index (χ4n) is 1.57. The van der Waals surface area contributed by atoms with Gasteiger partial charge in [0.2, 0.25) is 0 Å². The molecule has 0 aliphatic carbocycles. The van der Waals surface area contributed by atoms with Crippen molar-refractivity contribution < 1.29 is 4.79 Å². The Kier molecular flexibility index (Phi) is 3.68. The number of carbonyl (C=O) groups excluding carboxylic acids is 1. The lowest BCUT2D eigenvalue weighted by atomic mass is 10.1. The molecule has 2 nitrogen and oxygen atoms in total. The van der Waals surface area contributed by atoms with Gasteiger partial charge in [-0.05, 0) is 23.3 Å². The van der Waals surface area contributed by atoms with Crippen LogP contribution in [-0.2, 0) is 0 Å². The topological polar surface area (TPSA) is 40.9 Å². The first-order chi connectivity index (χ1) is 8.79. The maximum absolute atomic E-state index is 11.1. The van der Waals surface area contributed by atoms with Crippen LogP contribution in [0.25, 0.3) is 12.2 Å². The summed E-state index contributed by atoms with van der Waals surface area (Å²) in [6.45, 7) is 0. The van der Waals surface area contributed by atoms with Gasteiger partial charge in [0, 0.05) is 5.56 Å². The summed E-state index contributed by atoms with van der Waals surface area (Å²) in [4.78, 5) is 11.1. The second-order valence-electron chi connectivity index (χ2n) is 3.81. The smallest absolute Gasteiger partial charge is 0.262 e. The molecule has 0 aromatic heterocycles. The molecule has 0 aliphatic rings. The van der Waals surface area contributed by atoms with Crippen molar-refractivity contribution in [3.8, 4) is 6.07 Å². The van der Waals surface area contributed by atoms with Crippen LogP contribution in [-0.4, -0.2) is 5.78 Å². The SMILES string of the molecule is N#CC(=O)c1ccc(C=Cc2ccccc2)cc1.